The number of hydrogen-bond donors (Lipinski definition) is 1. The van der Waals surface area contributed by atoms with E-state index in [0.717, 1.165) is 30.8 Å². The predicted molar refractivity (Wildman–Crippen MR) is 77.7 cm³/mol. The molecule has 19 heavy (non-hydrogen) atoms. The Hall–Kier alpha value is -1.26. The van der Waals surface area contributed by atoms with Crippen molar-refractivity contribution in [2.24, 2.45) is 5.92 Å². The van der Waals surface area contributed by atoms with E-state index < -0.39 is 0 Å². The van der Waals surface area contributed by atoms with Gasteiger partial charge < -0.3 is 15.0 Å². The summed E-state index contributed by atoms with van der Waals surface area (Å²) in [5.74, 6) is 1.18. The van der Waals surface area contributed by atoms with Crippen molar-refractivity contribution in [1.82, 2.24) is 10.2 Å². The molecule has 0 spiro atoms. The number of amides is 1. The zero-order valence-corrected chi connectivity index (χ0v) is 12.2. The molecule has 1 saturated heterocycles. The summed E-state index contributed by atoms with van der Waals surface area (Å²) in [4.78, 5) is 14.0. The van der Waals surface area contributed by atoms with Crippen molar-refractivity contribution in [3.8, 4) is 5.75 Å². The van der Waals surface area contributed by atoms with E-state index >= 15 is 0 Å². The Kier molecular flexibility index (Phi) is 6.12. The molecule has 0 aromatic heterocycles. The average molecular weight is 285 g/mol. The topological polar surface area (TPSA) is 41.6 Å². The Bertz CT molecular complexity index is 420. The molecule has 1 unspecified atom stereocenters. The second kappa shape index (κ2) is 7.36. The number of nitrogens with one attached hydrogen (secondary N) is 1. The fourth-order valence-electron chi connectivity index (χ4n) is 2.34. The van der Waals surface area contributed by atoms with Gasteiger partial charge in [0, 0.05) is 25.7 Å². The van der Waals surface area contributed by atoms with Crippen molar-refractivity contribution in [1.29, 1.82) is 0 Å². The molecule has 1 atom stereocenters. The van der Waals surface area contributed by atoms with Crippen molar-refractivity contribution in [2.45, 2.75) is 13.0 Å². The van der Waals surface area contributed by atoms with E-state index in [1.54, 1.807) is 12.0 Å². The molecule has 1 aliphatic rings. The maximum absolute atomic E-state index is 12.2. The van der Waals surface area contributed by atoms with Crippen LogP contribution >= 0.6 is 12.4 Å². The summed E-state index contributed by atoms with van der Waals surface area (Å²) in [6.45, 7) is 2.34. The fourth-order valence-corrected chi connectivity index (χ4v) is 2.34. The Morgan fingerprint density at radius 2 is 2.21 bits per heavy atom. The second-order valence-electron chi connectivity index (χ2n) is 4.70. The molecule has 0 radical (unpaired) electrons. The zero-order valence-electron chi connectivity index (χ0n) is 11.4. The monoisotopic (exact) mass is 284 g/mol. The first-order valence-electron chi connectivity index (χ1n) is 6.30. The van der Waals surface area contributed by atoms with Gasteiger partial charge in [0.1, 0.15) is 5.75 Å². The Morgan fingerprint density at radius 3 is 2.84 bits per heavy atom. The number of hydrogen-bond acceptors (Lipinski definition) is 3. The van der Waals surface area contributed by atoms with Crippen molar-refractivity contribution < 1.29 is 9.53 Å². The van der Waals surface area contributed by atoms with Crippen LogP contribution in [0, 0.1) is 5.92 Å². The molecule has 1 aromatic rings. The highest BCUT2D eigenvalue weighted by molar-refractivity contribution is 5.85. The Balaban J connectivity index is 0.00000180. The van der Waals surface area contributed by atoms with Crippen LogP contribution in [-0.2, 0) is 11.3 Å². The highest BCUT2D eigenvalue weighted by Crippen LogP contribution is 2.20. The number of rotatable bonds is 4. The summed E-state index contributed by atoms with van der Waals surface area (Å²) in [5, 5.41) is 3.22. The van der Waals surface area contributed by atoms with Crippen LogP contribution in [0.4, 0.5) is 0 Å². The lowest BCUT2D eigenvalue weighted by molar-refractivity contribution is -0.134. The van der Waals surface area contributed by atoms with Gasteiger partial charge >= 0.3 is 0 Å². The minimum Gasteiger partial charge on any atom is -0.496 e. The molecule has 1 fully saturated rings. The van der Waals surface area contributed by atoms with E-state index in [2.05, 4.69) is 5.32 Å². The summed E-state index contributed by atoms with van der Waals surface area (Å²) < 4.78 is 5.30. The van der Waals surface area contributed by atoms with Crippen molar-refractivity contribution in [2.75, 3.05) is 27.2 Å². The summed E-state index contributed by atoms with van der Waals surface area (Å²) in [7, 11) is 3.51. The van der Waals surface area contributed by atoms with Crippen LogP contribution in [0.1, 0.15) is 12.0 Å². The van der Waals surface area contributed by atoms with Crippen LogP contribution in [0.5, 0.6) is 5.75 Å². The van der Waals surface area contributed by atoms with Gasteiger partial charge in [0.2, 0.25) is 5.91 Å². The Morgan fingerprint density at radius 1 is 1.47 bits per heavy atom. The largest absolute Gasteiger partial charge is 0.496 e. The summed E-state index contributed by atoms with van der Waals surface area (Å²) >= 11 is 0. The number of carbonyl (C=O) groups excluding carboxylic acids is 1. The number of methoxy groups -OCH3 is 1. The zero-order chi connectivity index (χ0) is 13.0. The lowest BCUT2D eigenvalue weighted by Crippen LogP contribution is -2.33. The van der Waals surface area contributed by atoms with Gasteiger partial charge in [-0.2, -0.15) is 0 Å². The highest BCUT2D eigenvalue weighted by Gasteiger charge is 2.25. The normalized spacial score (nSPS) is 17.7. The second-order valence-corrected chi connectivity index (χ2v) is 4.70. The van der Waals surface area contributed by atoms with Crippen LogP contribution in [0.15, 0.2) is 24.3 Å². The molecular formula is C14H21ClN2O2. The summed E-state index contributed by atoms with van der Waals surface area (Å²) in [6, 6.07) is 7.82. The molecule has 1 heterocycles. The minimum absolute atomic E-state index is 0. The average Bonchev–Trinajstić information content (AvgIpc) is 2.92. The maximum atomic E-state index is 12.2. The molecule has 0 saturated carbocycles. The van der Waals surface area contributed by atoms with Gasteiger partial charge in [-0.3, -0.25) is 4.79 Å². The van der Waals surface area contributed by atoms with Crippen LogP contribution < -0.4 is 10.1 Å². The third-order valence-electron chi connectivity index (χ3n) is 3.39. The molecule has 2 rings (SSSR count). The van der Waals surface area contributed by atoms with E-state index in [1.807, 2.05) is 31.3 Å². The number of para-hydroxylation sites is 1. The van der Waals surface area contributed by atoms with Gasteiger partial charge in [-0.05, 0) is 19.0 Å². The van der Waals surface area contributed by atoms with Crippen molar-refractivity contribution >= 4 is 18.3 Å². The molecule has 0 aliphatic carbocycles. The number of benzene rings is 1. The standard InChI is InChI=1S/C14H20N2O2.ClH/c1-16(14(17)11-7-8-15-9-11)10-12-5-3-4-6-13(12)18-2;/h3-6,11,15H,7-10H2,1-2H3;1H. The molecule has 106 valence electrons. The molecule has 1 amide bonds. The first kappa shape index (κ1) is 15.8. The van der Waals surface area contributed by atoms with E-state index in [9.17, 15) is 4.79 Å². The van der Waals surface area contributed by atoms with E-state index in [0.29, 0.717) is 6.54 Å². The van der Waals surface area contributed by atoms with E-state index in [-0.39, 0.29) is 24.2 Å². The summed E-state index contributed by atoms with van der Waals surface area (Å²) in [6.07, 6.45) is 0.940. The maximum Gasteiger partial charge on any atom is 0.227 e. The van der Waals surface area contributed by atoms with Gasteiger partial charge in [0.15, 0.2) is 0 Å². The van der Waals surface area contributed by atoms with Gasteiger partial charge in [-0.15, -0.1) is 12.4 Å². The van der Waals surface area contributed by atoms with E-state index in [4.69, 9.17) is 4.74 Å². The fraction of sp³-hybridized carbons (Fsp3) is 0.500. The summed E-state index contributed by atoms with van der Waals surface area (Å²) in [5.41, 5.74) is 1.04. The van der Waals surface area contributed by atoms with Gasteiger partial charge in [0.05, 0.1) is 13.0 Å². The van der Waals surface area contributed by atoms with Crippen molar-refractivity contribution in [3.63, 3.8) is 0 Å². The molecule has 1 aliphatic heterocycles. The number of carbonyl (C=O) groups is 1. The van der Waals surface area contributed by atoms with Crippen LogP contribution in [0.2, 0.25) is 0 Å². The first-order chi connectivity index (χ1) is 8.72. The van der Waals surface area contributed by atoms with E-state index in [1.165, 1.54) is 0 Å². The predicted octanol–water partition coefficient (Wildman–Crippen LogP) is 1.68. The lowest BCUT2D eigenvalue weighted by atomic mass is 10.1. The smallest absolute Gasteiger partial charge is 0.227 e. The quantitative estimate of drug-likeness (QED) is 0.915. The van der Waals surface area contributed by atoms with Crippen LogP contribution in [0.3, 0.4) is 0 Å². The minimum atomic E-state index is 0. The number of nitrogens with zero attached hydrogens (tertiary/aromatic N) is 1. The van der Waals surface area contributed by atoms with Crippen LogP contribution in [0.25, 0.3) is 0 Å². The molecular weight excluding hydrogens is 264 g/mol. The van der Waals surface area contributed by atoms with Gasteiger partial charge in [-0.25, -0.2) is 0 Å². The van der Waals surface area contributed by atoms with Gasteiger partial charge in [0.25, 0.3) is 0 Å². The van der Waals surface area contributed by atoms with Crippen LogP contribution in [-0.4, -0.2) is 38.1 Å². The van der Waals surface area contributed by atoms with Gasteiger partial charge in [-0.1, -0.05) is 18.2 Å². The first-order valence-corrected chi connectivity index (χ1v) is 6.30. The molecule has 4 nitrogen and oxygen atoms in total. The third-order valence-corrected chi connectivity index (χ3v) is 3.39. The molecule has 1 N–H and O–H groups in total. The molecule has 5 heteroatoms. The molecule has 0 bridgehead atoms. The SMILES string of the molecule is COc1ccccc1CN(C)C(=O)C1CCNC1.Cl. The number of ether oxygens (including phenoxy) is 1. The lowest BCUT2D eigenvalue weighted by Gasteiger charge is -2.21. The van der Waals surface area contributed by atoms with Crippen molar-refractivity contribution in [3.05, 3.63) is 29.8 Å². The third kappa shape index (κ3) is 3.85. The number of halogens is 1. The highest BCUT2D eigenvalue weighted by atomic mass is 35.5. The molecule has 1 aromatic carbocycles. The Labute approximate surface area is 120 Å².